The number of hydrogen-bond acceptors (Lipinski definition) is 10. The summed E-state index contributed by atoms with van der Waals surface area (Å²) in [4.78, 5) is 52.3. The molecule has 1 aromatic carbocycles. The SMILES string of the molecule is CC(C)C(C)N(C)C.CCC.CCC(C)C(C(CC=O)OC)N(C)C(=O)CNC=O.CCCC.COC(C(C)C(=O)NSc1ccc(N)cc1)C1CCCN1C. The molecule has 1 saturated heterocycles. The summed E-state index contributed by atoms with van der Waals surface area (Å²) in [6, 6.07) is 8.25. The van der Waals surface area contributed by atoms with Crippen LogP contribution in [0.2, 0.25) is 0 Å². The summed E-state index contributed by atoms with van der Waals surface area (Å²) >= 11 is 1.31. The first-order valence-electron chi connectivity index (χ1n) is 20.5. The Bertz CT molecular complexity index is 1120. The van der Waals surface area contributed by atoms with E-state index in [9.17, 15) is 19.2 Å². The zero-order chi connectivity index (χ0) is 43.8. The Morgan fingerprint density at radius 3 is 1.88 bits per heavy atom. The Morgan fingerprint density at radius 1 is 0.964 bits per heavy atom. The number of carbonyl (C=O) groups excluding carboxylic acids is 4. The largest absolute Gasteiger partial charge is 0.399 e. The maximum atomic E-state index is 12.4. The van der Waals surface area contributed by atoms with Crippen LogP contribution in [0.3, 0.4) is 0 Å². The average Bonchev–Trinajstić information content (AvgIpc) is 3.61. The Balaban J connectivity index is -0.000000744. The minimum Gasteiger partial charge on any atom is -0.399 e. The molecule has 12 nitrogen and oxygen atoms in total. The van der Waals surface area contributed by atoms with E-state index in [4.69, 9.17) is 15.2 Å². The molecule has 1 heterocycles. The van der Waals surface area contributed by atoms with Crippen LogP contribution in [-0.2, 0) is 28.7 Å². The summed E-state index contributed by atoms with van der Waals surface area (Å²) in [6.07, 6.45) is 8.10. The number of anilines is 1. The van der Waals surface area contributed by atoms with Gasteiger partial charge in [0.05, 0.1) is 30.7 Å². The van der Waals surface area contributed by atoms with E-state index in [-0.39, 0.29) is 54.9 Å². The number of aldehydes is 1. The van der Waals surface area contributed by atoms with Crippen molar-refractivity contribution in [2.24, 2.45) is 17.8 Å². The molecule has 0 saturated carbocycles. The molecule has 0 spiro atoms. The second-order valence-electron chi connectivity index (χ2n) is 15.0. The maximum Gasteiger partial charge on any atom is 0.242 e. The van der Waals surface area contributed by atoms with Crippen molar-refractivity contribution in [1.82, 2.24) is 24.7 Å². The lowest BCUT2D eigenvalue weighted by Crippen LogP contribution is -2.51. The predicted molar refractivity (Wildman–Crippen MR) is 237 cm³/mol. The number of nitrogen functional groups attached to an aromatic ring is 1. The van der Waals surface area contributed by atoms with Gasteiger partial charge in [0.25, 0.3) is 0 Å². The number of amides is 3. The van der Waals surface area contributed by atoms with E-state index in [2.05, 4.69) is 89.4 Å². The van der Waals surface area contributed by atoms with Gasteiger partial charge in [-0.2, -0.15) is 0 Å². The van der Waals surface area contributed by atoms with Crippen LogP contribution in [0.4, 0.5) is 5.69 Å². The van der Waals surface area contributed by atoms with Crippen LogP contribution >= 0.6 is 11.9 Å². The van der Waals surface area contributed by atoms with Crippen molar-refractivity contribution in [3.63, 3.8) is 0 Å². The fourth-order valence-electron chi connectivity index (χ4n) is 5.66. The molecule has 13 heteroatoms. The minimum atomic E-state index is -0.336. The highest BCUT2D eigenvalue weighted by atomic mass is 32.2. The molecule has 0 aromatic heterocycles. The zero-order valence-corrected chi connectivity index (χ0v) is 39.0. The summed E-state index contributed by atoms with van der Waals surface area (Å²) in [5.41, 5.74) is 6.37. The zero-order valence-electron chi connectivity index (χ0n) is 38.2. The Labute approximate surface area is 347 Å². The van der Waals surface area contributed by atoms with E-state index in [1.54, 1.807) is 19.1 Å². The van der Waals surface area contributed by atoms with Crippen LogP contribution in [0.5, 0.6) is 0 Å². The van der Waals surface area contributed by atoms with Crippen LogP contribution < -0.4 is 15.8 Å². The number of unbranched alkanes of at least 4 members (excludes halogenated alkanes) is 1. The van der Waals surface area contributed by atoms with E-state index >= 15 is 0 Å². The third-order valence-electron chi connectivity index (χ3n) is 9.98. The summed E-state index contributed by atoms with van der Waals surface area (Å²) in [6.45, 7) is 22.3. The summed E-state index contributed by atoms with van der Waals surface area (Å²) in [5.74, 6) is 0.552. The molecule has 1 fully saturated rings. The van der Waals surface area contributed by atoms with Gasteiger partial charge in [-0.3, -0.25) is 19.1 Å². The summed E-state index contributed by atoms with van der Waals surface area (Å²) in [7, 11) is 11.2. The topological polar surface area (TPSA) is 147 Å². The van der Waals surface area contributed by atoms with Gasteiger partial charge in [0.15, 0.2) is 0 Å². The quantitative estimate of drug-likeness (QED) is 0.0747. The number of benzene rings is 1. The molecule has 1 aromatic rings. The van der Waals surface area contributed by atoms with Gasteiger partial charge in [-0.05, 0) is 95.5 Å². The first-order chi connectivity index (χ1) is 26.4. The monoisotopic (exact) mass is 813 g/mol. The van der Waals surface area contributed by atoms with Crippen molar-refractivity contribution >= 4 is 42.1 Å². The van der Waals surface area contributed by atoms with Gasteiger partial charge in [-0.25, -0.2) is 0 Å². The molecule has 2 rings (SSSR count). The van der Waals surface area contributed by atoms with Gasteiger partial charge in [0.1, 0.15) is 6.29 Å². The molecule has 1 aliphatic rings. The van der Waals surface area contributed by atoms with Gasteiger partial charge in [-0.1, -0.05) is 88.0 Å². The molecule has 328 valence electrons. The van der Waals surface area contributed by atoms with Gasteiger partial charge < -0.3 is 40.0 Å². The van der Waals surface area contributed by atoms with Crippen molar-refractivity contribution < 1.29 is 28.7 Å². The van der Waals surface area contributed by atoms with Gasteiger partial charge in [-0.15, -0.1) is 0 Å². The van der Waals surface area contributed by atoms with Crippen molar-refractivity contribution in [1.29, 1.82) is 0 Å². The molecular formula is C43H84N6O6S. The Morgan fingerprint density at radius 2 is 1.52 bits per heavy atom. The molecule has 0 radical (unpaired) electrons. The number of hydrogen-bond donors (Lipinski definition) is 3. The van der Waals surface area contributed by atoms with E-state index in [1.165, 1.54) is 38.3 Å². The van der Waals surface area contributed by atoms with Crippen molar-refractivity contribution in [3.8, 4) is 0 Å². The van der Waals surface area contributed by atoms with Gasteiger partial charge in [0.2, 0.25) is 18.2 Å². The minimum absolute atomic E-state index is 0.00558. The maximum absolute atomic E-state index is 12.4. The van der Waals surface area contributed by atoms with Crippen LogP contribution in [0.15, 0.2) is 29.2 Å². The molecule has 3 amide bonds. The van der Waals surface area contributed by atoms with E-state index < -0.39 is 0 Å². The molecular weight excluding hydrogens is 729 g/mol. The predicted octanol–water partition coefficient (Wildman–Crippen LogP) is 7.16. The molecule has 7 unspecified atom stereocenters. The first kappa shape index (κ1) is 57.6. The lowest BCUT2D eigenvalue weighted by molar-refractivity contribution is -0.137. The highest BCUT2D eigenvalue weighted by Gasteiger charge is 2.36. The smallest absolute Gasteiger partial charge is 0.242 e. The first-order valence-corrected chi connectivity index (χ1v) is 21.4. The van der Waals surface area contributed by atoms with E-state index in [1.807, 2.05) is 45.0 Å². The van der Waals surface area contributed by atoms with Gasteiger partial charge in [0, 0.05) is 50.4 Å². The Hall–Kier alpha value is -2.71. The number of rotatable bonds is 19. The third-order valence-corrected chi connectivity index (χ3v) is 10.8. The second kappa shape index (κ2) is 35.5. The highest BCUT2D eigenvalue weighted by Crippen LogP contribution is 2.26. The number of nitrogens with zero attached hydrogens (tertiary/aromatic N) is 3. The van der Waals surface area contributed by atoms with Crippen LogP contribution in [0.25, 0.3) is 0 Å². The molecule has 0 bridgehead atoms. The third kappa shape index (κ3) is 24.8. The number of ether oxygens (including phenoxy) is 2. The molecule has 4 N–H and O–H groups in total. The van der Waals surface area contributed by atoms with Crippen LogP contribution in [0.1, 0.15) is 114 Å². The normalized spacial score (nSPS) is 16.6. The molecule has 1 aliphatic heterocycles. The van der Waals surface area contributed by atoms with Gasteiger partial charge >= 0.3 is 0 Å². The highest BCUT2D eigenvalue weighted by molar-refractivity contribution is 7.98. The second-order valence-corrected chi connectivity index (χ2v) is 15.9. The molecule has 0 aliphatic carbocycles. The lowest BCUT2D eigenvalue weighted by Gasteiger charge is -2.37. The fourth-order valence-corrected chi connectivity index (χ4v) is 6.33. The summed E-state index contributed by atoms with van der Waals surface area (Å²) in [5, 5.41) is 2.35. The van der Waals surface area contributed by atoms with Crippen molar-refractivity contribution in [3.05, 3.63) is 24.3 Å². The van der Waals surface area contributed by atoms with Crippen molar-refractivity contribution in [2.75, 3.05) is 61.2 Å². The van der Waals surface area contributed by atoms with E-state index in [0.717, 1.165) is 42.9 Å². The average molecular weight is 813 g/mol. The van der Waals surface area contributed by atoms with Crippen molar-refractivity contribution in [2.45, 2.75) is 149 Å². The number of nitrogens with one attached hydrogen (secondary N) is 2. The standard InChI is InChI=1S/C16H25N3O2S.C13H24N2O4.C7H17N.C4H10.C3H8/c1-11(15(21-3)14-5-4-10-19(14)2)16(20)18-22-13-8-6-12(17)7-9-13;1-5-10(2)13(11(19-4)6-7-16)15(3)12(18)8-14-9-17;1-6(2)7(3)8(4)5;1-3-4-2;1-3-2/h6-9,11,14-15H,4-5,10,17H2,1-3H3,(H,18,20);7,9-11,13H,5-6,8H2,1-4H3,(H,14,17);6-7H,1-5H3;3-4H2,1-2H3;3H2,1-2H3. The van der Waals surface area contributed by atoms with E-state index in [0.29, 0.717) is 24.2 Å². The Kier molecular flexibility index (Phi) is 36.5. The number of carbonyl (C=O) groups is 4. The lowest BCUT2D eigenvalue weighted by atomic mass is 9.91. The number of likely N-dealkylation sites (N-methyl/N-ethyl adjacent to an activating group) is 2. The summed E-state index contributed by atoms with van der Waals surface area (Å²) < 4.78 is 13.9. The van der Waals surface area contributed by atoms with Crippen LogP contribution in [0, 0.1) is 17.8 Å². The number of nitrogens with two attached hydrogens (primary N) is 1. The fraction of sp³-hybridized carbons (Fsp3) is 0.767. The number of methoxy groups -OCH3 is 2. The number of likely N-dealkylation sites (tertiary alicyclic amines) is 1. The van der Waals surface area contributed by atoms with Crippen LogP contribution in [-0.4, -0.2) is 125 Å². The molecule has 7 atom stereocenters. The molecule has 56 heavy (non-hydrogen) atoms.